The lowest BCUT2D eigenvalue weighted by Gasteiger charge is -2.06. The van der Waals surface area contributed by atoms with Crippen LogP contribution >= 0.6 is 15.9 Å². The van der Waals surface area contributed by atoms with Gasteiger partial charge >= 0.3 is 0 Å². The van der Waals surface area contributed by atoms with Crippen molar-refractivity contribution in [3.05, 3.63) is 22.3 Å². The number of anilines is 1. The molecular formula is C10H15BrN2. The number of hydrogen-bond donors (Lipinski definition) is 1. The van der Waals surface area contributed by atoms with Gasteiger partial charge in [0, 0.05) is 12.7 Å². The van der Waals surface area contributed by atoms with Crippen LogP contribution in [-0.4, -0.2) is 11.5 Å². The van der Waals surface area contributed by atoms with Crippen molar-refractivity contribution >= 4 is 21.7 Å². The molecule has 0 aliphatic heterocycles. The molecule has 0 spiro atoms. The smallest absolute Gasteiger partial charge is 0.140 e. The van der Waals surface area contributed by atoms with Crippen LogP contribution in [0.4, 0.5) is 5.82 Å². The van der Waals surface area contributed by atoms with Crippen LogP contribution in [0, 0.1) is 6.92 Å². The molecule has 72 valence electrons. The maximum absolute atomic E-state index is 4.29. The van der Waals surface area contributed by atoms with Crippen molar-refractivity contribution in [3.8, 4) is 0 Å². The molecule has 13 heavy (non-hydrogen) atoms. The largest absolute Gasteiger partial charge is 0.369 e. The van der Waals surface area contributed by atoms with Gasteiger partial charge in [0.25, 0.3) is 0 Å². The van der Waals surface area contributed by atoms with E-state index < -0.39 is 0 Å². The van der Waals surface area contributed by atoms with Crippen molar-refractivity contribution in [2.45, 2.75) is 26.7 Å². The lowest BCUT2D eigenvalue weighted by molar-refractivity contribution is 0.830. The van der Waals surface area contributed by atoms with Crippen LogP contribution < -0.4 is 5.32 Å². The number of unbranched alkanes of at least 4 members (excludes halogenated alkanes) is 1. The van der Waals surface area contributed by atoms with E-state index in [1.54, 1.807) is 0 Å². The molecule has 3 heteroatoms. The average Bonchev–Trinajstić information content (AvgIpc) is 2.09. The van der Waals surface area contributed by atoms with Gasteiger partial charge in [0.1, 0.15) is 5.82 Å². The first-order valence-electron chi connectivity index (χ1n) is 4.60. The van der Waals surface area contributed by atoms with E-state index in [4.69, 9.17) is 0 Å². The standard InChI is InChI=1S/C10H15BrN2/c1-3-4-5-12-10-9(11)6-8(2)7-13-10/h6-7H,3-5H2,1-2H3,(H,12,13). The Morgan fingerprint density at radius 2 is 2.31 bits per heavy atom. The van der Waals surface area contributed by atoms with Crippen LogP contribution in [0.1, 0.15) is 25.3 Å². The van der Waals surface area contributed by atoms with E-state index in [0.717, 1.165) is 16.8 Å². The summed E-state index contributed by atoms with van der Waals surface area (Å²) in [5.41, 5.74) is 1.17. The Labute approximate surface area is 87.9 Å². The van der Waals surface area contributed by atoms with Gasteiger partial charge in [-0.05, 0) is 40.9 Å². The Bertz CT molecular complexity index is 274. The number of aryl methyl sites for hydroxylation is 1. The van der Waals surface area contributed by atoms with Crippen LogP contribution in [0.5, 0.6) is 0 Å². The second kappa shape index (κ2) is 5.22. The predicted molar refractivity (Wildman–Crippen MR) is 60.1 cm³/mol. The van der Waals surface area contributed by atoms with Crippen molar-refractivity contribution < 1.29 is 0 Å². The summed E-state index contributed by atoms with van der Waals surface area (Å²) in [5, 5.41) is 3.28. The van der Waals surface area contributed by atoms with E-state index >= 15 is 0 Å². The monoisotopic (exact) mass is 242 g/mol. The molecule has 0 aliphatic rings. The Morgan fingerprint density at radius 3 is 2.92 bits per heavy atom. The number of aromatic nitrogens is 1. The topological polar surface area (TPSA) is 24.9 Å². The predicted octanol–water partition coefficient (Wildman–Crippen LogP) is 3.36. The van der Waals surface area contributed by atoms with Gasteiger partial charge in [0.15, 0.2) is 0 Å². The third-order valence-corrected chi connectivity index (χ3v) is 2.41. The lowest BCUT2D eigenvalue weighted by Crippen LogP contribution is -2.03. The van der Waals surface area contributed by atoms with Crippen molar-refractivity contribution in [1.82, 2.24) is 4.98 Å². The van der Waals surface area contributed by atoms with Gasteiger partial charge in [-0.2, -0.15) is 0 Å². The summed E-state index contributed by atoms with van der Waals surface area (Å²) < 4.78 is 1.05. The number of halogens is 1. The summed E-state index contributed by atoms with van der Waals surface area (Å²) in [7, 11) is 0. The van der Waals surface area contributed by atoms with Crippen LogP contribution in [0.25, 0.3) is 0 Å². The number of hydrogen-bond acceptors (Lipinski definition) is 2. The quantitative estimate of drug-likeness (QED) is 0.820. The highest BCUT2D eigenvalue weighted by molar-refractivity contribution is 9.10. The SMILES string of the molecule is CCCCNc1ncc(C)cc1Br. The van der Waals surface area contributed by atoms with Crippen molar-refractivity contribution in [2.24, 2.45) is 0 Å². The molecule has 1 heterocycles. The lowest BCUT2D eigenvalue weighted by atomic mass is 10.3. The average molecular weight is 243 g/mol. The maximum atomic E-state index is 4.29. The Kier molecular flexibility index (Phi) is 4.22. The third kappa shape index (κ3) is 3.35. The van der Waals surface area contributed by atoms with Gasteiger partial charge in [0.05, 0.1) is 4.47 Å². The molecule has 0 atom stereocenters. The first-order chi connectivity index (χ1) is 6.24. The number of nitrogens with zero attached hydrogens (tertiary/aromatic N) is 1. The molecule has 0 bridgehead atoms. The van der Waals surface area contributed by atoms with Crippen LogP contribution in [0.15, 0.2) is 16.7 Å². The summed E-state index contributed by atoms with van der Waals surface area (Å²) in [5.74, 6) is 0.944. The highest BCUT2D eigenvalue weighted by Crippen LogP contribution is 2.20. The normalized spacial score (nSPS) is 10.1. The summed E-state index contributed by atoms with van der Waals surface area (Å²) in [6.07, 6.45) is 4.26. The van der Waals surface area contributed by atoms with E-state index in [1.807, 2.05) is 13.1 Å². The molecule has 0 unspecified atom stereocenters. The van der Waals surface area contributed by atoms with Crippen molar-refractivity contribution in [2.75, 3.05) is 11.9 Å². The molecule has 0 fully saturated rings. The second-order valence-electron chi connectivity index (χ2n) is 3.12. The van der Waals surface area contributed by atoms with Crippen molar-refractivity contribution in [3.63, 3.8) is 0 Å². The zero-order valence-electron chi connectivity index (χ0n) is 8.10. The summed E-state index contributed by atoms with van der Waals surface area (Å²) >= 11 is 3.47. The highest BCUT2D eigenvalue weighted by atomic mass is 79.9. The van der Waals surface area contributed by atoms with E-state index in [2.05, 4.69) is 39.2 Å². The van der Waals surface area contributed by atoms with Gasteiger partial charge < -0.3 is 5.32 Å². The fourth-order valence-electron chi connectivity index (χ4n) is 1.05. The molecule has 2 nitrogen and oxygen atoms in total. The third-order valence-electron chi connectivity index (χ3n) is 1.80. The molecule has 0 saturated carbocycles. The zero-order valence-corrected chi connectivity index (χ0v) is 9.69. The molecule has 0 aromatic carbocycles. The molecule has 1 rings (SSSR count). The minimum atomic E-state index is 0.944. The number of pyridine rings is 1. The van der Waals surface area contributed by atoms with Gasteiger partial charge in [-0.3, -0.25) is 0 Å². The van der Waals surface area contributed by atoms with Gasteiger partial charge in [-0.1, -0.05) is 13.3 Å². The fourth-order valence-corrected chi connectivity index (χ4v) is 1.65. The maximum Gasteiger partial charge on any atom is 0.140 e. The van der Waals surface area contributed by atoms with Crippen LogP contribution in [-0.2, 0) is 0 Å². The molecule has 0 aliphatic carbocycles. The van der Waals surface area contributed by atoms with Gasteiger partial charge in [0.2, 0.25) is 0 Å². The summed E-state index contributed by atoms with van der Waals surface area (Å²) in [4.78, 5) is 4.29. The Morgan fingerprint density at radius 1 is 1.54 bits per heavy atom. The Balaban J connectivity index is 2.56. The molecular weight excluding hydrogens is 228 g/mol. The molecule has 0 radical (unpaired) electrons. The second-order valence-corrected chi connectivity index (χ2v) is 3.98. The molecule has 1 aromatic heterocycles. The molecule has 1 aromatic rings. The number of rotatable bonds is 4. The van der Waals surface area contributed by atoms with Crippen LogP contribution in [0.2, 0.25) is 0 Å². The highest BCUT2D eigenvalue weighted by Gasteiger charge is 1.99. The van der Waals surface area contributed by atoms with Crippen LogP contribution in [0.3, 0.4) is 0 Å². The van der Waals surface area contributed by atoms with E-state index in [1.165, 1.54) is 18.4 Å². The minimum absolute atomic E-state index is 0.944. The minimum Gasteiger partial charge on any atom is -0.369 e. The van der Waals surface area contributed by atoms with Crippen molar-refractivity contribution in [1.29, 1.82) is 0 Å². The fraction of sp³-hybridized carbons (Fsp3) is 0.500. The summed E-state index contributed by atoms with van der Waals surface area (Å²) in [6.45, 7) is 5.21. The van der Waals surface area contributed by atoms with Gasteiger partial charge in [-0.25, -0.2) is 4.98 Å². The molecule has 0 saturated heterocycles. The molecule has 1 N–H and O–H groups in total. The van der Waals surface area contributed by atoms with E-state index in [0.29, 0.717) is 0 Å². The van der Waals surface area contributed by atoms with Gasteiger partial charge in [-0.15, -0.1) is 0 Å². The Hall–Kier alpha value is -0.570. The number of nitrogens with one attached hydrogen (secondary N) is 1. The molecule has 0 amide bonds. The first-order valence-corrected chi connectivity index (χ1v) is 5.39. The van der Waals surface area contributed by atoms with E-state index in [-0.39, 0.29) is 0 Å². The zero-order chi connectivity index (χ0) is 9.68. The van der Waals surface area contributed by atoms with E-state index in [9.17, 15) is 0 Å². The first kappa shape index (κ1) is 10.5. The summed E-state index contributed by atoms with van der Waals surface area (Å²) in [6, 6.07) is 2.07.